The highest BCUT2D eigenvalue weighted by molar-refractivity contribution is 8.13. The molecule has 0 bridgehead atoms. The average molecular weight is 281 g/mol. The van der Waals surface area contributed by atoms with E-state index in [0.29, 0.717) is 18.4 Å². The van der Waals surface area contributed by atoms with Gasteiger partial charge in [0.25, 0.3) is 15.0 Å². The van der Waals surface area contributed by atoms with Crippen molar-refractivity contribution in [2.45, 2.75) is 36.0 Å². The molecule has 2 nitrogen and oxygen atoms in total. The zero-order valence-corrected chi connectivity index (χ0v) is 10.7. The molecule has 6 heteroatoms. The number of rotatable bonds is 3. The average Bonchev–Trinajstić information content (AvgIpc) is 2.96. The van der Waals surface area contributed by atoms with Gasteiger partial charge in [0.15, 0.2) is 0 Å². The van der Waals surface area contributed by atoms with Gasteiger partial charge in [0, 0.05) is 17.6 Å². The number of alkyl halides is 2. The second-order valence-electron chi connectivity index (χ2n) is 4.44. The summed E-state index contributed by atoms with van der Waals surface area (Å²) in [5, 5.41) is 0. The molecule has 1 aromatic carbocycles. The molecule has 0 N–H and O–H groups in total. The fraction of sp³-hybridized carbons (Fsp3) is 0.455. The zero-order chi connectivity index (χ0) is 12.9. The Labute approximate surface area is 103 Å². The van der Waals surface area contributed by atoms with Crippen LogP contribution in [-0.2, 0) is 14.5 Å². The van der Waals surface area contributed by atoms with E-state index in [1.807, 2.05) is 0 Å². The Balaban J connectivity index is 2.49. The number of hydrogen-bond acceptors (Lipinski definition) is 2. The molecule has 0 saturated heterocycles. The molecule has 0 aliphatic heterocycles. The molecule has 0 radical (unpaired) electrons. The Morgan fingerprint density at radius 1 is 1.35 bits per heavy atom. The maximum Gasteiger partial charge on any atom is 0.261 e. The molecule has 1 aliphatic carbocycles. The van der Waals surface area contributed by atoms with Crippen LogP contribution in [0.25, 0.3) is 0 Å². The Bertz CT molecular complexity index is 545. The molecule has 0 heterocycles. The third-order valence-electron chi connectivity index (χ3n) is 3.26. The van der Waals surface area contributed by atoms with Gasteiger partial charge in [-0.3, -0.25) is 0 Å². The second kappa shape index (κ2) is 3.65. The van der Waals surface area contributed by atoms with Crippen LogP contribution in [0.5, 0.6) is 0 Å². The first-order valence-electron chi connectivity index (χ1n) is 5.10. The highest BCUT2D eigenvalue weighted by atomic mass is 35.7. The van der Waals surface area contributed by atoms with E-state index in [1.54, 1.807) is 0 Å². The smallest absolute Gasteiger partial charge is 0.207 e. The van der Waals surface area contributed by atoms with E-state index in [2.05, 4.69) is 0 Å². The molecule has 0 amide bonds. The van der Waals surface area contributed by atoms with E-state index >= 15 is 0 Å². The van der Waals surface area contributed by atoms with Crippen molar-refractivity contribution in [3.8, 4) is 0 Å². The lowest BCUT2D eigenvalue weighted by Crippen LogP contribution is -2.30. The summed E-state index contributed by atoms with van der Waals surface area (Å²) in [6, 6.07) is 5.51. The lowest BCUT2D eigenvalue weighted by molar-refractivity contribution is -0.0200. The van der Waals surface area contributed by atoms with Crippen LogP contribution in [0.2, 0.25) is 0 Å². The second-order valence-corrected chi connectivity index (χ2v) is 7.00. The van der Waals surface area contributed by atoms with Crippen molar-refractivity contribution in [2.24, 2.45) is 0 Å². The van der Waals surface area contributed by atoms with Gasteiger partial charge in [0.2, 0.25) is 0 Å². The van der Waals surface area contributed by atoms with Gasteiger partial charge in [-0.1, -0.05) is 12.1 Å². The van der Waals surface area contributed by atoms with E-state index in [9.17, 15) is 17.2 Å². The predicted molar refractivity (Wildman–Crippen MR) is 61.0 cm³/mol. The first kappa shape index (κ1) is 12.8. The summed E-state index contributed by atoms with van der Waals surface area (Å²) in [6.45, 7) is 0.863. The summed E-state index contributed by atoms with van der Waals surface area (Å²) in [4.78, 5) is -0.132. The normalized spacial score (nSPS) is 19.1. The lowest BCUT2D eigenvalue weighted by Gasteiger charge is -2.23. The molecule has 0 aromatic heterocycles. The van der Waals surface area contributed by atoms with Crippen LogP contribution in [0.3, 0.4) is 0 Å². The topological polar surface area (TPSA) is 34.1 Å². The predicted octanol–water partition coefficient (Wildman–Crippen LogP) is 3.30. The van der Waals surface area contributed by atoms with Gasteiger partial charge in [-0.2, -0.15) is 0 Å². The van der Waals surface area contributed by atoms with Crippen LogP contribution in [0.1, 0.15) is 25.3 Å². The third kappa shape index (κ3) is 2.18. The van der Waals surface area contributed by atoms with Crippen LogP contribution < -0.4 is 0 Å². The molecular weight excluding hydrogens is 270 g/mol. The van der Waals surface area contributed by atoms with Crippen molar-refractivity contribution >= 4 is 19.7 Å². The number of hydrogen-bond donors (Lipinski definition) is 0. The molecule has 0 unspecified atom stereocenters. The van der Waals surface area contributed by atoms with Crippen molar-refractivity contribution < 1.29 is 17.2 Å². The Morgan fingerprint density at radius 3 is 2.35 bits per heavy atom. The first-order valence-corrected chi connectivity index (χ1v) is 7.41. The van der Waals surface area contributed by atoms with Crippen LogP contribution in [-0.4, -0.2) is 14.3 Å². The summed E-state index contributed by atoms with van der Waals surface area (Å²) >= 11 is 0. The summed E-state index contributed by atoms with van der Waals surface area (Å²) in [5.74, 6) is -2.86. The largest absolute Gasteiger partial charge is 0.261 e. The lowest BCUT2D eigenvalue weighted by atomic mass is 9.90. The zero-order valence-electron chi connectivity index (χ0n) is 9.08. The van der Waals surface area contributed by atoms with Crippen LogP contribution in [0.15, 0.2) is 29.2 Å². The maximum atomic E-state index is 13.5. The SMILES string of the molecule is CC(F)(F)C1(c2cccc(S(=O)(=O)Cl)c2)CC1. The molecule has 0 spiro atoms. The van der Waals surface area contributed by atoms with E-state index < -0.39 is 20.4 Å². The molecule has 0 atom stereocenters. The van der Waals surface area contributed by atoms with E-state index in [4.69, 9.17) is 10.7 Å². The third-order valence-corrected chi connectivity index (χ3v) is 4.61. The van der Waals surface area contributed by atoms with Gasteiger partial charge < -0.3 is 0 Å². The molecule has 1 fully saturated rings. The quantitative estimate of drug-likeness (QED) is 0.796. The number of benzene rings is 1. The van der Waals surface area contributed by atoms with Crippen molar-refractivity contribution in [2.75, 3.05) is 0 Å². The molecule has 94 valence electrons. The molecule has 1 saturated carbocycles. The van der Waals surface area contributed by atoms with E-state index in [0.717, 1.165) is 6.92 Å². The van der Waals surface area contributed by atoms with Crippen LogP contribution in [0.4, 0.5) is 8.78 Å². The van der Waals surface area contributed by atoms with Gasteiger partial charge >= 0.3 is 0 Å². The Hall–Kier alpha value is -0.680. The van der Waals surface area contributed by atoms with Gasteiger partial charge in [0.1, 0.15) is 0 Å². The Morgan fingerprint density at radius 2 is 1.94 bits per heavy atom. The van der Waals surface area contributed by atoms with Crippen molar-refractivity contribution in [3.05, 3.63) is 29.8 Å². The fourth-order valence-corrected chi connectivity index (χ4v) is 2.85. The molecule has 17 heavy (non-hydrogen) atoms. The highest BCUT2D eigenvalue weighted by Gasteiger charge is 2.60. The molecule has 2 rings (SSSR count). The van der Waals surface area contributed by atoms with Crippen LogP contribution >= 0.6 is 10.7 Å². The number of halogens is 3. The Kier molecular flexibility index (Phi) is 2.74. The van der Waals surface area contributed by atoms with Gasteiger partial charge in [-0.15, -0.1) is 0 Å². The summed E-state index contributed by atoms with van der Waals surface area (Å²) in [7, 11) is 1.32. The molecule has 1 aliphatic rings. The first-order chi connectivity index (χ1) is 7.67. The summed E-state index contributed by atoms with van der Waals surface area (Å²) in [5.41, 5.74) is -0.878. The minimum absolute atomic E-state index is 0.132. The summed E-state index contributed by atoms with van der Waals surface area (Å²) in [6.07, 6.45) is 0.727. The fourth-order valence-electron chi connectivity index (χ4n) is 2.05. The highest BCUT2D eigenvalue weighted by Crippen LogP contribution is 2.58. The summed E-state index contributed by atoms with van der Waals surface area (Å²) < 4.78 is 49.3. The van der Waals surface area contributed by atoms with Gasteiger partial charge in [-0.25, -0.2) is 17.2 Å². The van der Waals surface area contributed by atoms with E-state index in [1.165, 1.54) is 24.3 Å². The van der Waals surface area contributed by atoms with Crippen LogP contribution in [0, 0.1) is 0 Å². The minimum atomic E-state index is -3.88. The monoisotopic (exact) mass is 280 g/mol. The van der Waals surface area contributed by atoms with Crippen molar-refractivity contribution in [1.82, 2.24) is 0 Å². The van der Waals surface area contributed by atoms with Crippen molar-refractivity contribution in [3.63, 3.8) is 0 Å². The van der Waals surface area contributed by atoms with Gasteiger partial charge in [0.05, 0.1) is 10.3 Å². The minimum Gasteiger partial charge on any atom is -0.207 e. The van der Waals surface area contributed by atoms with E-state index in [-0.39, 0.29) is 4.90 Å². The van der Waals surface area contributed by atoms with Gasteiger partial charge in [-0.05, 0) is 30.5 Å². The molecular formula is C11H11ClF2O2S. The standard InChI is InChI=1S/C11H11ClF2O2S/c1-10(13,14)11(5-6-11)8-3-2-4-9(7-8)17(12,15)16/h2-4,7H,5-6H2,1H3. The van der Waals surface area contributed by atoms with Crippen molar-refractivity contribution in [1.29, 1.82) is 0 Å². The molecule has 1 aromatic rings. The maximum absolute atomic E-state index is 13.5.